The molecule has 44 heavy (non-hydrogen) atoms. The average Bonchev–Trinajstić information content (AvgIpc) is 3.06. The second-order valence-electron chi connectivity index (χ2n) is 11.4. The van der Waals surface area contributed by atoms with Crippen LogP contribution in [-0.2, 0) is 24.4 Å². The first kappa shape index (κ1) is 32.0. The lowest BCUT2D eigenvalue weighted by molar-refractivity contribution is 0.0364. The monoisotopic (exact) mass is 611 g/mol. The number of rotatable bonds is 14. The molecule has 5 rings (SSSR count). The Kier molecular flexibility index (Phi) is 12.1. The standard InChI is InChI=1S/C36H45N5O2S/c1-28(34-10-5-8-32-7-3-4-9-35(32)34)39-36(42)41(20-6-19-40-21-23-43-24-22-40)27-31-15-17-33(18-16-31)44-38-26-30-13-11-29(12-14-30)25-37-2/h3-5,7-18,28,37-38H,6,19-27H2,1-2H3,(H,39,42). The molecule has 0 saturated carbocycles. The van der Waals surface area contributed by atoms with Gasteiger partial charge in [0, 0.05) is 50.7 Å². The van der Waals surface area contributed by atoms with Gasteiger partial charge < -0.3 is 20.3 Å². The van der Waals surface area contributed by atoms with E-state index in [1.54, 1.807) is 11.9 Å². The Morgan fingerprint density at radius 1 is 0.886 bits per heavy atom. The Balaban J connectivity index is 1.19. The fourth-order valence-corrected chi connectivity index (χ4v) is 6.29. The van der Waals surface area contributed by atoms with E-state index in [0.29, 0.717) is 13.1 Å². The summed E-state index contributed by atoms with van der Waals surface area (Å²) in [5.74, 6) is 0. The fourth-order valence-electron chi connectivity index (χ4n) is 5.61. The molecule has 0 aliphatic carbocycles. The van der Waals surface area contributed by atoms with E-state index in [9.17, 15) is 4.79 Å². The van der Waals surface area contributed by atoms with Gasteiger partial charge in [-0.15, -0.1) is 0 Å². The quantitative estimate of drug-likeness (QED) is 0.144. The van der Waals surface area contributed by atoms with Crippen molar-refractivity contribution < 1.29 is 9.53 Å². The summed E-state index contributed by atoms with van der Waals surface area (Å²) in [5, 5.41) is 8.84. The maximum atomic E-state index is 13.7. The molecule has 2 amide bonds. The van der Waals surface area contributed by atoms with Crippen molar-refractivity contribution in [2.75, 3.05) is 46.4 Å². The van der Waals surface area contributed by atoms with Crippen LogP contribution in [-0.4, -0.2) is 62.3 Å². The lowest BCUT2D eigenvalue weighted by Gasteiger charge is -2.29. The molecule has 7 nitrogen and oxygen atoms in total. The highest BCUT2D eigenvalue weighted by molar-refractivity contribution is 7.97. The molecule has 0 spiro atoms. The fraction of sp³-hybridized carbons (Fsp3) is 0.361. The van der Waals surface area contributed by atoms with Crippen molar-refractivity contribution in [3.63, 3.8) is 0 Å². The smallest absolute Gasteiger partial charge is 0.318 e. The van der Waals surface area contributed by atoms with Crippen molar-refractivity contribution in [2.24, 2.45) is 0 Å². The molecule has 1 aliphatic heterocycles. The number of ether oxygens (including phenoxy) is 1. The van der Waals surface area contributed by atoms with Crippen LogP contribution in [0.3, 0.4) is 0 Å². The molecule has 1 saturated heterocycles. The van der Waals surface area contributed by atoms with E-state index in [-0.39, 0.29) is 12.1 Å². The highest BCUT2D eigenvalue weighted by atomic mass is 32.2. The van der Waals surface area contributed by atoms with Gasteiger partial charge in [-0.2, -0.15) is 0 Å². The summed E-state index contributed by atoms with van der Waals surface area (Å²) in [5.41, 5.74) is 4.79. The molecule has 1 heterocycles. The van der Waals surface area contributed by atoms with Crippen molar-refractivity contribution in [1.82, 2.24) is 25.2 Å². The number of nitrogens with one attached hydrogen (secondary N) is 3. The van der Waals surface area contributed by atoms with Crippen LogP contribution >= 0.6 is 11.9 Å². The largest absolute Gasteiger partial charge is 0.379 e. The van der Waals surface area contributed by atoms with E-state index in [2.05, 4.69) is 118 Å². The molecule has 4 aromatic carbocycles. The topological polar surface area (TPSA) is 68.9 Å². The van der Waals surface area contributed by atoms with Crippen LogP contribution in [0.4, 0.5) is 4.79 Å². The van der Waals surface area contributed by atoms with E-state index >= 15 is 0 Å². The first-order valence-corrected chi connectivity index (χ1v) is 16.4. The Bertz CT molecular complexity index is 1450. The number of fused-ring (bicyclic) bond motifs is 1. The summed E-state index contributed by atoms with van der Waals surface area (Å²) in [6.45, 7) is 9.45. The molecule has 0 radical (unpaired) electrons. The number of hydrogen-bond acceptors (Lipinski definition) is 6. The van der Waals surface area contributed by atoms with Crippen LogP contribution in [0, 0.1) is 0 Å². The second-order valence-corrected chi connectivity index (χ2v) is 12.3. The number of hydrogen-bond donors (Lipinski definition) is 3. The molecule has 0 bridgehead atoms. The first-order chi connectivity index (χ1) is 21.6. The van der Waals surface area contributed by atoms with Crippen molar-refractivity contribution >= 4 is 28.8 Å². The Hall–Kier alpha value is -3.40. The van der Waals surface area contributed by atoms with Gasteiger partial charge >= 0.3 is 6.03 Å². The van der Waals surface area contributed by atoms with Crippen LogP contribution in [0.5, 0.6) is 0 Å². The van der Waals surface area contributed by atoms with E-state index in [4.69, 9.17) is 4.74 Å². The van der Waals surface area contributed by atoms with E-state index in [1.165, 1.54) is 21.9 Å². The first-order valence-electron chi connectivity index (χ1n) is 15.6. The number of carbonyl (C=O) groups is 1. The minimum atomic E-state index is -0.111. The van der Waals surface area contributed by atoms with Crippen LogP contribution < -0.4 is 15.4 Å². The number of benzene rings is 4. The number of carbonyl (C=O) groups excluding carboxylic acids is 1. The summed E-state index contributed by atoms with van der Waals surface area (Å²) in [6, 6.07) is 31.7. The highest BCUT2D eigenvalue weighted by Gasteiger charge is 2.19. The van der Waals surface area contributed by atoms with Crippen LogP contribution in [0.15, 0.2) is 95.9 Å². The molecule has 1 atom stereocenters. The number of morpholine rings is 1. The second kappa shape index (κ2) is 16.6. The van der Waals surface area contributed by atoms with Crippen LogP contribution in [0.2, 0.25) is 0 Å². The van der Waals surface area contributed by atoms with Crippen molar-refractivity contribution in [1.29, 1.82) is 0 Å². The predicted octanol–water partition coefficient (Wildman–Crippen LogP) is 6.35. The van der Waals surface area contributed by atoms with Crippen LogP contribution in [0.25, 0.3) is 10.8 Å². The molecule has 8 heteroatoms. The molecule has 232 valence electrons. The summed E-state index contributed by atoms with van der Waals surface area (Å²) < 4.78 is 8.97. The third-order valence-corrected chi connectivity index (χ3v) is 8.89. The van der Waals surface area contributed by atoms with Gasteiger partial charge in [0.25, 0.3) is 0 Å². The van der Waals surface area contributed by atoms with Gasteiger partial charge in [-0.3, -0.25) is 9.62 Å². The Morgan fingerprint density at radius 3 is 2.32 bits per heavy atom. The molecule has 0 aromatic heterocycles. The summed E-state index contributed by atoms with van der Waals surface area (Å²) in [6.07, 6.45) is 0.920. The van der Waals surface area contributed by atoms with Crippen molar-refractivity contribution in [3.05, 3.63) is 113 Å². The third-order valence-electron chi connectivity index (χ3n) is 8.09. The zero-order valence-electron chi connectivity index (χ0n) is 25.9. The zero-order chi connectivity index (χ0) is 30.6. The number of nitrogens with zero attached hydrogens (tertiary/aromatic N) is 2. The zero-order valence-corrected chi connectivity index (χ0v) is 26.7. The number of amides is 2. The maximum absolute atomic E-state index is 13.7. The minimum Gasteiger partial charge on any atom is -0.379 e. The van der Waals surface area contributed by atoms with Gasteiger partial charge in [-0.1, -0.05) is 78.9 Å². The van der Waals surface area contributed by atoms with Gasteiger partial charge in [0.05, 0.1) is 19.3 Å². The highest BCUT2D eigenvalue weighted by Crippen LogP contribution is 2.24. The number of urea groups is 1. The molecule has 4 aromatic rings. The normalized spacial score (nSPS) is 14.4. The Morgan fingerprint density at radius 2 is 1.57 bits per heavy atom. The average molecular weight is 612 g/mol. The summed E-state index contributed by atoms with van der Waals surface area (Å²) in [7, 11) is 1.96. The lowest BCUT2D eigenvalue weighted by atomic mass is 10.00. The van der Waals surface area contributed by atoms with Gasteiger partial charge in [-0.05, 0) is 77.5 Å². The van der Waals surface area contributed by atoms with E-state index < -0.39 is 0 Å². The maximum Gasteiger partial charge on any atom is 0.318 e. The van der Waals surface area contributed by atoms with Gasteiger partial charge in [0.15, 0.2) is 0 Å². The molecule has 1 aliphatic rings. The molecule has 3 N–H and O–H groups in total. The predicted molar refractivity (Wildman–Crippen MR) is 182 cm³/mol. The van der Waals surface area contributed by atoms with E-state index in [0.717, 1.165) is 68.4 Å². The molecular weight excluding hydrogens is 566 g/mol. The van der Waals surface area contributed by atoms with Gasteiger partial charge in [-0.25, -0.2) is 4.79 Å². The minimum absolute atomic E-state index is 0.0340. The van der Waals surface area contributed by atoms with Crippen molar-refractivity contribution in [2.45, 2.75) is 43.9 Å². The third kappa shape index (κ3) is 9.30. The van der Waals surface area contributed by atoms with Crippen LogP contribution in [0.1, 0.15) is 41.6 Å². The Labute approximate surface area is 266 Å². The SMILES string of the molecule is CNCc1ccc(CNSc2ccc(CN(CCCN3CCOCC3)C(=O)NC(C)c3cccc4ccccc34)cc2)cc1. The summed E-state index contributed by atoms with van der Waals surface area (Å²) >= 11 is 1.63. The molecular formula is C36H45N5O2S. The van der Waals surface area contributed by atoms with Gasteiger partial charge in [0.1, 0.15) is 0 Å². The lowest BCUT2D eigenvalue weighted by Crippen LogP contribution is -2.43. The molecule has 1 unspecified atom stereocenters. The van der Waals surface area contributed by atoms with Gasteiger partial charge in [0.2, 0.25) is 0 Å². The summed E-state index contributed by atoms with van der Waals surface area (Å²) in [4.78, 5) is 19.2. The van der Waals surface area contributed by atoms with E-state index in [1.807, 2.05) is 11.9 Å². The van der Waals surface area contributed by atoms with Crippen molar-refractivity contribution in [3.8, 4) is 0 Å². The molecule has 1 fully saturated rings.